The van der Waals surface area contributed by atoms with Crippen molar-refractivity contribution in [1.29, 1.82) is 0 Å². The molecule has 4 heteroatoms. The van der Waals surface area contributed by atoms with Gasteiger partial charge in [0.15, 0.2) is 0 Å². The lowest BCUT2D eigenvalue weighted by molar-refractivity contribution is 0.642. The molecule has 4 nitrogen and oxygen atoms in total. The number of anilines is 1. The zero-order valence-electron chi connectivity index (χ0n) is 10.9. The van der Waals surface area contributed by atoms with Gasteiger partial charge in [-0.15, -0.1) is 0 Å². The van der Waals surface area contributed by atoms with Gasteiger partial charge in [0, 0.05) is 37.7 Å². The van der Waals surface area contributed by atoms with Gasteiger partial charge in [0.1, 0.15) is 0 Å². The Morgan fingerprint density at radius 3 is 2.67 bits per heavy atom. The summed E-state index contributed by atoms with van der Waals surface area (Å²) in [6.45, 7) is 6.18. The summed E-state index contributed by atoms with van der Waals surface area (Å²) in [6, 6.07) is 8.22. The Morgan fingerprint density at radius 1 is 1.22 bits per heavy atom. The standard InChI is InChI=1S/C14H19N3O/c1-3-16-9-10-17(14(16)18)8-7-15-13-6-4-5-12(2)11-13/h4-6,9-11,15H,3,7-8H2,1-2H3. The molecule has 1 aromatic heterocycles. The summed E-state index contributed by atoms with van der Waals surface area (Å²) >= 11 is 0. The van der Waals surface area contributed by atoms with E-state index in [0.29, 0.717) is 6.54 Å². The lowest BCUT2D eigenvalue weighted by atomic mass is 10.2. The third-order valence-corrected chi connectivity index (χ3v) is 2.96. The molecule has 1 aromatic carbocycles. The largest absolute Gasteiger partial charge is 0.383 e. The first-order valence-electron chi connectivity index (χ1n) is 6.27. The minimum atomic E-state index is 0.0588. The van der Waals surface area contributed by atoms with Crippen LogP contribution in [-0.2, 0) is 13.1 Å². The zero-order valence-corrected chi connectivity index (χ0v) is 10.9. The van der Waals surface area contributed by atoms with E-state index in [1.165, 1.54) is 5.56 Å². The average molecular weight is 245 g/mol. The summed E-state index contributed by atoms with van der Waals surface area (Å²) in [5, 5.41) is 3.32. The van der Waals surface area contributed by atoms with Crippen LogP contribution in [0.3, 0.4) is 0 Å². The molecule has 2 rings (SSSR count). The molecule has 0 aliphatic rings. The van der Waals surface area contributed by atoms with Crippen molar-refractivity contribution in [2.75, 3.05) is 11.9 Å². The third kappa shape index (κ3) is 2.83. The molecule has 0 saturated heterocycles. The van der Waals surface area contributed by atoms with E-state index in [2.05, 4.69) is 24.4 Å². The minimum Gasteiger partial charge on any atom is -0.383 e. The predicted molar refractivity (Wildman–Crippen MR) is 74.0 cm³/mol. The molecule has 0 aliphatic carbocycles. The Kier molecular flexibility index (Phi) is 3.87. The summed E-state index contributed by atoms with van der Waals surface area (Å²) in [7, 11) is 0. The topological polar surface area (TPSA) is 39.0 Å². The maximum Gasteiger partial charge on any atom is 0.328 e. The van der Waals surface area contributed by atoms with Crippen LogP contribution in [0.2, 0.25) is 0 Å². The van der Waals surface area contributed by atoms with Crippen LogP contribution >= 0.6 is 0 Å². The van der Waals surface area contributed by atoms with Gasteiger partial charge >= 0.3 is 5.69 Å². The van der Waals surface area contributed by atoms with Crippen molar-refractivity contribution >= 4 is 5.69 Å². The van der Waals surface area contributed by atoms with Gasteiger partial charge in [-0.3, -0.25) is 9.13 Å². The van der Waals surface area contributed by atoms with Crippen LogP contribution < -0.4 is 11.0 Å². The molecule has 0 unspecified atom stereocenters. The van der Waals surface area contributed by atoms with Crippen LogP contribution in [0, 0.1) is 6.92 Å². The van der Waals surface area contributed by atoms with Crippen molar-refractivity contribution in [3.05, 3.63) is 52.7 Å². The number of imidazole rings is 1. The lowest BCUT2D eigenvalue weighted by Crippen LogP contribution is -2.25. The van der Waals surface area contributed by atoms with E-state index in [4.69, 9.17) is 0 Å². The second-order valence-corrected chi connectivity index (χ2v) is 4.36. The van der Waals surface area contributed by atoms with Crippen LogP contribution in [0.5, 0.6) is 0 Å². The smallest absolute Gasteiger partial charge is 0.328 e. The lowest BCUT2D eigenvalue weighted by Gasteiger charge is -2.07. The van der Waals surface area contributed by atoms with Crippen molar-refractivity contribution in [3.8, 4) is 0 Å². The summed E-state index contributed by atoms with van der Waals surface area (Å²) in [4.78, 5) is 11.8. The number of aryl methyl sites for hydroxylation is 2. The summed E-state index contributed by atoms with van der Waals surface area (Å²) in [6.07, 6.45) is 3.67. The molecule has 0 saturated carbocycles. The fourth-order valence-electron chi connectivity index (χ4n) is 1.94. The van der Waals surface area contributed by atoms with Gasteiger partial charge in [0.05, 0.1) is 0 Å². The van der Waals surface area contributed by atoms with E-state index in [1.807, 2.05) is 31.5 Å². The highest BCUT2D eigenvalue weighted by atomic mass is 16.1. The molecule has 0 fully saturated rings. The van der Waals surface area contributed by atoms with E-state index >= 15 is 0 Å². The van der Waals surface area contributed by atoms with E-state index in [-0.39, 0.29) is 5.69 Å². The molecule has 0 atom stereocenters. The average Bonchev–Trinajstić information content (AvgIpc) is 2.71. The molecule has 1 N–H and O–H groups in total. The molecular weight excluding hydrogens is 226 g/mol. The molecule has 0 aliphatic heterocycles. The molecule has 0 amide bonds. The molecule has 18 heavy (non-hydrogen) atoms. The van der Waals surface area contributed by atoms with Crippen molar-refractivity contribution in [3.63, 3.8) is 0 Å². The fraction of sp³-hybridized carbons (Fsp3) is 0.357. The highest BCUT2D eigenvalue weighted by Gasteiger charge is 2.00. The number of hydrogen-bond donors (Lipinski definition) is 1. The SMILES string of the molecule is CCn1ccn(CCNc2cccc(C)c2)c1=O. The van der Waals surface area contributed by atoms with E-state index in [9.17, 15) is 4.79 Å². The summed E-state index contributed by atoms with van der Waals surface area (Å²) in [5.41, 5.74) is 2.39. The quantitative estimate of drug-likeness (QED) is 0.876. The maximum absolute atomic E-state index is 11.8. The van der Waals surface area contributed by atoms with Gasteiger partial charge in [-0.2, -0.15) is 0 Å². The minimum absolute atomic E-state index is 0.0588. The Balaban J connectivity index is 1.92. The van der Waals surface area contributed by atoms with Gasteiger partial charge in [-0.1, -0.05) is 12.1 Å². The van der Waals surface area contributed by atoms with Gasteiger partial charge < -0.3 is 5.32 Å². The number of nitrogens with zero attached hydrogens (tertiary/aromatic N) is 2. The first-order valence-corrected chi connectivity index (χ1v) is 6.27. The van der Waals surface area contributed by atoms with E-state index in [1.54, 1.807) is 9.13 Å². The summed E-state index contributed by atoms with van der Waals surface area (Å²) in [5.74, 6) is 0. The predicted octanol–water partition coefficient (Wildman–Crippen LogP) is 2.09. The fourth-order valence-corrected chi connectivity index (χ4v) is 1.94. The van der Waals surface area contributed by atoms with Crippen LogP contribution in [0.15, 0.2) is 41.5 Å². The van der Waals surface area contributed by atoms with Crippen molar-refractivity contribution in [2.45, 2.75) is 26.9 Å². The van der Waals surface area contributed by atoms with Crippen molar-refractivity contribution in [1.82, 2.24) is 9.13 Å². The van der Waals surface area contributed by atoms with Gasteiger partial charge in [0.25, 0.3) is 0 Å². The Hall–Kier alpha value is -1.97. The first-order chi connectivity index (χ1) is 8.70. The van der Waals surface area contributed by atoms with Gasteiger partial charge in [0.2, 0.25) is 0 Å². The molecular formula is C14H19N3O. The Bertz CT molecular complexity index is 568. The highest BCUT2D eigenvalue weighted by Crippen LogP contribution is 2.08. The normalized spacial score (nSPS) is 10.6. The number of nitrogens with one attached hydrogen (secondary N) is 1. The van der Waals surface area contributed by atoms with Crippen LogP contribution in [0.1, 0.15) is 12.5 Å². The molecule has 0 spiro atoms. The third-order valence-electron chi connectivity index (χ3n) is 2.96. The first kappa shape index (κ1) is 12.5. The van der Waals surface area contributed by atoms with E-state index in [0.717, 1.165) is 18.8 Å². The molecule has 2 aromatic rings. The second kappa shape index (κ2) is 5.58. The zero-order chi connectivity index (χ0) is 13.0. The Labute approximate surface area is 107 Å². The monoisotopic (exact) mass is 245 g/mol. The van der Waals surface area contributed by atoms with Crippen LogP contribution in [0.4, 0.5) is 5.69 Å². The highest BCUT2D eigenvalue weighted by molar-refractivity contribution is 5.45. The maximum atomic E-state index is 11.8. The Morgan fingerprint density at radius 2 is 2.00 bits per heavy atom. The van der Waals surface area contributed by atoms with Gasteiger partial charge in [-0.05, 0) is 31.5 Å². The molecule has 96 valence electrons. The van der Waals surface area contributed by atoms with Crippen LogP contribution in [-0.4, -0.2) is 15.7 Å². The number of benzene rings is 1. The number of hydrogen-bond acceptors (Lipinski definition) is 2. The van der Waals surface area contributed by atoms with Crippen molar-refractivity contribution in [2.24, 2.45) is 0 Å². The van der Waals surface area contributed by atoms with Gasteiger partial charge in [-0.25, -0.2) is 4.79 Å². The van der Waals surface area contributed by atoms with Crippen LogP contribution in [0.25, 0.3) is 0 Å². The molecule has 1 heterocycles. The molecule has 0 bridgehead atoms. The number of aromatic nitrogens is 2. The summed E-state index contributed by atoms with van der Waals surface area (Å²) < 4.78 is 3.43. The molecule has 0 radical (unpaired) electrons. The number of rotatable bonds is 5. The second-order valence-electron chi connectivity index (χ2n) is 4.36. The van der Waals surface area contributed by atoms with Crippen molar-refractivity contribution < 1.29 is 0 Å². The van der Waals surface area contributed by atoms with E-state index < -0.39 is 0 Å².